The molecular weight excluding hydrogens is 434 g/mol. The predicted molar refractivity (Wildman–Crippen MR) is 75.4 cm³/mol. The quantitative estimate of drug-likeness (QED) is 0.540. The van der Waals surface area contributed by atoms with Gasteiger partial charge in [0.05, 0.1) is 7.14 Å². The molecule has 0 amide bonds. The van der Waals surface area contributed by atoms with Crippen LogP contribution in [0.1, 0.15) is 11.5 Å². The molecule has 2 rings (SSSR count). The minimum atomic E-state index is -0.720. The molecule has 1 N–H and O–H groups in total. The number of halogens is 2. The second kappa shape index (κ2) is 4.44. The number of rotatable bonds is 1. The van der Waals surface area contributed by atoms with Gasteiger partial charge in [0.15, 0.2) is 11.6 Å². The van der Waals surface area contributed by atoms with E-state index in [2.05, 4.69) is 0 Å². The third-order valence-corrected chi connectivity index (χ3v) is 4.00. The number of phenols is 1. The number of carbonyl (C=O) groups excluding carboxylic acids is 2. The fourth-order valence-corrected chi connectivity index (χ4v) is 3.39. The molecule has 82 valence electrons. The molecule has 0 radical (unpaired) electrons. The zero-order valence-electron chi connectivity index (χ0n) is 7.91. The molecule has 0 saturated carbocycles. The highest BCUT2D eigenvalue weighted by Crippen LogP contribution is 2.32. The van der Waals surface area contributed by atoms with Gasteiger partial charge in [0.2, 0.25) is 0 Å². The summed E-state index contributed by atoms with van der Waals surface area (Å²) in [5.74, 6) is -0.914. The Morgan fingerprint density at radius 3 is 1.88 bits per heavy atom. The van der Waals surface area contributed by atoms with Crippen LogP contribution in [0.15, 0.2) is 24.3 Å². The van der Waals surface area contributed by atoms with Crippen molar-refractivity contribution in [3.8, 4) is 5.75 Å². The van der Waals surface area contributed by atoms with Crippen LogP contribution in [0, 0.1) is 7.14 Å². The molecular formula is C11H6I2O3. The summed E-state index contributed by atoms with van der Waals surface area (Å²) in [7, 11) is 0. The molecule has 0 bridgehead atoms. The molecule has 0 atom stereocenters. The lowest BCUT2D eigenvalue weighted by atomic mass is 9.95. The fourth-order valence-electron chi connectivity index (χ4n) is 1.58. The highest BCUT2D eigenvalue weighted by Gasteiger charge is 2.30. The van der Waals surface area contributed by atoms with Gasteiger partial charge in [0, 0.05) is 0 Å². The summed E-state index contributed by atoms with van der Waals surface area (Å²) in [5, 5.41) is 9.60. The molecule has 0 saturated heterocycles. The van der Waals surface area contributed by atoms with Crippen LogP contribution in [-0.2, 0) is 9.59 Å². The number of hydrogen-bond acceptors (Lipinski definition) is 3. The minimum Gasteiger partial charge on any atom is -0.506 e. The van der Waals surface area contributed by atoms with Crippen molar-refractivity contribution in [3.05, 3.63) is 37.0 Å². The van der Waals surface area contributed by atoms with E-state index in [1.807, 2.05) is 45.2 Å². The lowest BCUT2D eigenvalue weighted by Gasteiger charge is -2.10. The maximum Gasteiger partial charge on any atom is 0.171 e. The molecule has 0 heterocycles. The molecule has 1 aromatic rings. The smallest absolute Gasteiger partial charge is 0.171 e. The Labute approximate surface area is 119 Å². The molecule has 1 aromatic carbocycles. The van der Waals surface area contributed by atoms with Crippen molar-refractivity contribution in [3.63, 3.8) is 0 Å². The van der Waals surface area contributed by atoms with Crippen molar-refractivity contribution < 1.29 is 14.7 Å². The second-order valence-corrected chi connectivity index (χ2v) is 5.73. The first-order chi connectivity index (χ1) is 7.50. The van der Waals surface area contributed by atoms with Crippen LogP contribution in [0.3, 0.4) is 0 Å². The first kappa shape index (κ1) is 12.0. The topological polar surface area (TPSA) is 54.4 Å². The average molecular weight is 440 g/mol. The summed E-state index contributed by atoms with van der Waals surface area (Å²) in [6, 6.07) is 3.34. The molecule has 0 aromatic heterocycles. The summed E-state index contributed by atoms with van der Waals surface area (Å²) in [5.41, 5.74) is 0.645. The van der Waals surface area contributed by atoms with E-state index in [1.54, 1.807) is 12.1 Å². The van der Waals surface area contributed by atoms with Gasteiger partial charge in [-0.1, -0.05) is 0 Å². The first-order valence-corrected chi connectivity index (χ1v) is 6.60. The molecule has 0 unspecified atom stereocenters. The largest absolute Gasteiger partial charge is 0.506 e. The average Bonchev–Trinajstić information content (AvgIpc) is 2.54. The highest BCUT2D eigenvalue weighted by atomic mass is 127. The number of aromatic hydroxyl groups is 1. The van der Waals surface area contributed by atoms with Gasteiger partial charge >= 0.3 is 0 Å². The number of hydrogen-bond donors (Lipinski definition) is 1. The first-order valence-electron chi connectivity index (χ1n) is 4.44. The van der Waals surface area contributed by atoms with Gasteiger partial charge < -0.3 is 5.11 Å². The number of phenolic OH excluding ortho intramolecular Hbond substituents is 1. The number of benzene rings is 1. The standard InChI is InChI=1S/C11H6I2O3/c12-6-3-5(4-7(13)11(6)16)10-8(14)1-2-9(10)15/h1-4,10,16H. The Hall–Kier alpha value is -0.440. The molecule has 5 heteroatoms. The summed E-state index contributed by atoms with van der Waals surface area (Å²) < 4.78 is 1.29. The van der Waals surface area contributed by atoms with Gasteiger partial charge in [-0.15, -0.1) is 0 Å². The molecule has 1 aliphatic carbocycles. The SMILES string of the molecule is O=C1C=CC(=O)C1c1cc(I)c(O)c(I)c1. The van der Waals surface area contributed by atoms with E-state index in [0.29, 0.717) is 12.7 Å². The van der Waals surface area contributed by atoms with Crippen molar-refractivity contribution in [1.82, 2.24) is 0 Å². The normalized spacial score (nSPS) is 16.1. The van der Waals surface area contributed by atoms with E-state index >= 15 is 0 Å². The van der Waals surface area contributed by atoms with Gasteiger partial charge in [-0.25, -0.2) is 0 Å². The molecule has 16 heavy (non-hydrogen) atoms. The van der Waals surface area contributed by atoms with E-state index in [4.69, 9.17) is 0 Å². The van der Waals surface area contributed by atoms with Crippen LogP contribution in [0.5, 0.6) is 5.75 Å². The van der Waals surface area contributed by atoms with Crippen molar-refractivity contribution >= 4 is 56.7 Å². The van der Waals surface area contributed by atoms with E-state index < -0.39 is 5.92 Å². The molecule has 0 spiro atoms. The van der Waals surface area contributed by atoms with Crippen molar-refractivity contribution in [2.75, 3.05) is 0 Å². The van der Waals surface area contributed by atoms with Crippen molar-refractivity contribution in [2.24, 2.45) is 0 Å². The minimum absolute atomic E-state index is 0.191. The molecule has 0 fully saturated rings. The van der Waals surface area contributed by atoms with Crippen molar-refractivity contribution in [1.29, 1.82) is 0 Å². The molecule has 3 nitrogen and oxygen atoms in total. The fraction of sp³-hybridized carbons (Fsp3) is 0.0909. The van der Waals surface area contributed by atoms with E-state index in [0.717, 1.165) is 0 Å². The zero-order valence-corrected chi connectivity index (χ0v) is 12.2. The van der Waals surface area contributed by atoms with Gasteiger partial charge in [0.1, 0.15) is 11.7 Å². The Balaban J connectivity index is 2.50. The van der Waals surface area contributed by atoms with Crippen LogP contribution in [-0.4, -0.2) is 16.7 Å². The Kier molecular flexibility index (Phi) is 3.34. The lowest BCUT2D eigenvalue weighted by Crippen LogP contribution is -2.13. The van der Waals surface area contributed by atoms with Crippen molar-refractivity contribution in [2.45, 2.75) is 5.92 Å². The van der Waals surface area contributed by atoms with Gasteiger partial charge in [0.25, 0.3) is 0 Å². The predicted octanol–water partition coefficient (Wildman–Crippen LogP) is 2.39. The molecule has 0 aliphatic heterocycles. The van der Waals surface area contributed by atoms with Crippen LogP contribution in [0.25, 0.3) is 0 Å². The summed E-state index contributed by atoms with van der Waals surface area (Å²) in [6.07, 6.45) is 2.61. The highest BCUT2D eigenvalue weighted by molar-refractivity contribution is 14.1. The third kappa shape index (κ3) is 2.02. The summed E-state index contributed by atoms with van der Waals surface area (Å²) in [4.78, 5) is 23.0. The Morgan fingerprint density at radius 1 is 1.00 bits per heavy atom. The van der Waals surface area contributed by atoms with Gasteiger partial charge in [-0.3, -0.25) is 9.59 Å². The summed E-state index contributed by atoms with van der Waals surface area (Å²) >= 11 is 3.96. The number of carbonyl (C=O) groups is 2. The zero-order chi connectivity index (χ0) is 11.9. The second-order valence-electron chi connectivity index (χ2n) is 3.40. The Morgan fingerprint density at radius 2 is 1.44 bits per heavy atom. The van der Waals surface area contributed by atoms with E-state index in [9.17, 15) is 14.7 Å². The monoisotopic (exact) mass is 440 g/mol. The van der Waals surface area contributed by atoms with Crippen LogP contribution < -0.4 is 0 Å². The van der Waals surface area contributed by atoms with Gasteiger partial charge in [-0.2, -0.15) is 0 Å². The van der Waals surface area contributed by atoms with Crippen LogP contribution >= 0.6 is 45.2 Å². The summed E-state index contributed by atoms with van der Waals surface area (Å²) in [6.45, 7) is 0. The van der Waals surface area contributed by atoms with Crippen LogP contribution in [0.2, 0.25) is 0 Å². The number of allylic oxidation sites excluding steroid dienone is 2. The van der Waals surface area contributed by atoms with E-state index in [1.165, 1.54) is 12.2 Å². The Bertz CT molecular complexity index is 479. The van der Waals surface area contributed by atoms with Gasteiger partial charge in [-0.05, 0) is 75.0 Å². The number of ketones is 2. The lowest BCUT2D eigenvalue weighted by molar-refractivity contribution is -0.122. The third-order valence-electron chi connectivity index (χ3n) is 2.35. The molecule has 1 aliphatic rings. The van der Waals surface area contributed by atoms with Crippen LogP contribution in [0.4, 0.5) is 0 Å². The van der Waals surface area contributed by atoms with E-state index in [-0.39, 0.29) is 17.3 Å². The maximum atomic E-state index is 11.5. The maximum absolute atomic E-state index is 11.5.